The molecule has 0 radical (unpaired) electrons. The zero-order valence-electron chi connectivity index (χ0n) is 34.2. The van der Waals surface area contributed by atoms with Gasteiger partial charge in [-0.05, 0) is 80.8 Å². The lowest BCUT2D eigenvalue weighted by Crippen LogP contribution is -2.63. The van der Waals surface area contributed by atoms with Crippen LogP contribution in [-0.2, 0) is 57.6 Å². The summed E-state index contributed by atoms with van der Waals surface area (Å²) < 4.78 is 40.2. The van der Waals surface area contributed by atoms with Crippen molar-refractivity contribution in [1.29, 1.82) is 0 Å². The van der Waals surface area contributed by atoms with Gasteiger partial charge in [0.1, 0.15) is 59.7 Å². The Hall–Kier alpha value is -5.65. The van der Waals surface area contributed by atoms with Gasteiger partial charge in [-0.25, -0.2) is 13.6 Å². The summed E-state index contributed by atoms with van der Waals surface area (Å²) in [7, 11) is 1.30. The highest BCUT2D eigenvalue weighted by atomic mass is 19.1. The first kappa shape index (κ1) is 43.9. The standard InChI is InChI=1S/C42H52F2N6O10/c1-21-13-32-42(58)60-24(4)35(41(57)49-11-6-7-31(49)40(56)48(5)36(23(3)51)38(54)45-22(2)39(55)50(32)20-21)47-37(53)30(16-26-14-28(43)19-29(44)15-26)46-34(52)18-25-8-9-27-10-12-59-33(27)17-25/h8-9,14-15,17,19,21-24,30-32,35-36,51H,6-7,10-13,16,18,20H2,1-5H3,(H,45,54)(H,46,52)(H,47,53)/t21-,22+,23-,24+,30+,31+,32+,35+,36+/m1/s1. The molecule has 3 saturated heterocycles. The van der Waals surface area contributed by atoms with E-state index < -0.39 is 108 Å². The summed E-state index contributed by atoms with van der Waals surface area (Å²) in [6.07, 6.45) is -2.02. The molecule has 6 amide bonds. The number of aliphatic hydroxyl groups excluding tert-OH is 1. The lowest BCUT2D eigenvalue weighted by Gasteiger charge is -2.37. The van der Waals surface area contributed by atoms with Crippen LogP contribution < -0.4 is 20.7 Å². The molecule has 4 aliphatic heterocycles. The SMILES string of the molecule is C[C@@H]1C[C@H]2C(=O)O[C@@H](C)[C@H](NC(=O)[C@H](Cc3cc(F)cc(F)c3)NC(=O)Cc3ccc4c(c3)OCC4)C(=O)N3CCC[C@H]3C(=O)N(C)[C@@H]([C@@H](C)O)C(=O)N[C@@H](C)C(=O)N2C1. The van der Waals surface area contributed by atoms with Gasteiger partial charge in [0, 0.05) is 39.0 Å². The minimum absolute atomic E-state index is 0.0157. The largest absolute Gasteiger partial charge is 0.493 e. The van der Waals surface area contributed by atoms with Gasteiger partial charge >= 0.3 is 5.97 Å². The summed E-state index contributed by atoms with van der Waals surface area (Å²) in [5.74, 6) is -6.83. The number of cyclic esters (lactones) is 1. The van der Waals surface area contributed by atoms with Crippen molar-refractivity contribution >= 4 is 41.4 Å². The minimum atomic E-state index is -1.68. The van der Waals surface area contributed by atoms with Gasteiger partial charge in [0.2, 0.25) is 35.4 Å². The van der Waals surface area contributed by atoms with Crippen LogP contribution in [0, 0.1) is 17.6 Å². The second-order valence-electron chi connectivity index (χ2n) is 16.3. The van der Waals surface area contributed by atoms with Crippen LogP contribution in [0.3, 0.4) is 0 Å². The van der Waals surface area contributed by atoms with E-state index in [0.717, 1.165) is 29.0 Å². The van der Waals surface area contributed by atoms with Gasteiger partial charge in [-0.3, -0.25) is 28.8 Å². The van der Waals surface area contributed by atoms with Crippen LogP contribution in [0.25, 0.3) is 0 Å². The van der Waals surface area contributed by atoms with Crippen molar-refractivity contribution in [2.24, 2.45) is 5.92 Å². The maximum atomic E-state index is 14.7. The number of rotatable bonds is 8. The van der Waals surface area contributed by atoms with Gasteiger partial charge in [-0.15, -0.1) is 0 Å². The molecule has 0 spiro atoms. The average molecular weight is 839 g/mol. The molecule has 9 atom stereocenters. The number of hydrogen-bond donors (Lipinski definition) is 4. The van der Waals surface area contributed by atoms with E-state index in [2.05, 4.69) is 16.0 Å². The van der Waals surface area contributed by atoms with Gasteiger partial charge in [0.15, 0.2) is 0 Å². The summed E-state index contributed by atoms with van der Waals surface area (Å²) in [4.78, 5) is 101. The van der Waals surface area contributed by atoms with Gasteiger partial charge in [-0.1, -0.05) is 19.1 Å². The first-order valence-corrected chi connectivity index (χ1v) is 20.3. The minimum Gasteiger partial charge on any atom is -0.493 e. The zero-order valence-corrected chi connectivity index (χ0v) is 34.2. The Balaban J connectivity index is 1.33. The van der Waals surface area contributed by atoms with Crippen LogP contribution in [0.1, 0.15) is 63.6 Å². The molecule has 4 N–H and O–H groups in total. The number of amides is 6. The van der Waals surface area contributed by atoms with Crippen molar-refractivity contribution in [1.82, 2.24) is 30.7 Å². The van der Waals surface area contributed by atoms with Crippen LogP contribution in [0.15, 0.2) is 36.4 Å². The van der Waals surface area contributed by atoms with Crippen LogP contribution in [0.4, 0.5) is 8.78 Å². The molecular formula is C42H52F2N6O10. The highest BCUT2D eigenvalue weighted by molar-refractivity contribution is 5.98. The predicted octanol–water partition coefficient (Wildman–Crippen LogP) is 0.540. The molecule has 4 heterocycles. The second kappa shape index (κ2) is 18.3. The molecule has 0 aromatic heterocycles. The Morgan fingerprint density at radius 2 is 1.67 bits per heavy atom. The molecule has 324 valence electrons. The van der Waals surface area contributed by atoms with E-state index >= 15 is 0 Å². The molecule has 2 aromatic rings. The summed E-state index contributed by atoms with van der Waals surface area (Å²) in [6, 6.07) is -0.149. The molecule has 2 aromatic carbocycles. The number of carbonyl (C=O) groups is 7. The fraction of sp³-hybridized carbons (Fsp3) is 0.548. The normalized spacial score (nSPS) is 27.3. The third-order valence-electron chi connectivity index (χ3n) is 11.6. The average Bonchev–Trinajstić information content (AvgIpc) is 3.95. The highest BCUT2D eigenvalue weighted by Gasteiger charge is 2.47. The van der Waals surface area contributed by atoms with Gasteiger partial charge < -0.3 is 45.2 Å². The number of esters is 1. The summed E-state index contributed by atoms with van der Waals surface area (Å²) in [5, 5.41) is 18.5. The Labute approximate surface area is 346 Å². The van der Waals surface area contributed by atoms with Gasteiger partial charge in [0.05, 0.1) is 19.1 Å². The first-order valence-electron chi connectivity index (χ1n) is 20.3. The van der Waals surface area contributed by atoms with E-state index in [4.69, 9.17) is 9.47 Å². The van der Waals surface area contributed by atoms with Crippen LogP contribution in [0.5, 0.6) is 5.75 Å². The molecule has 0 bridgehead atoms. The molecule has 60 heavy (non-hydrogen) atoms. The number of fused-ring (bicyclic) bond motifs is 3. The van der Waals surface area contributed by atoms with E-state index in [1.165, 1.54) is 37.6 Å². The summed E-state index contributed by atoms with van der Waals surface area (Å²) in [6.45, 7) is 6.60. The monoisotopic (exact) mass is 838 g/mol. The topological polar surface area (TPSA) is 204 Å². The molecule has 3 fully saturated rings. The number of nitrogens with one attached hydrogen (secondary N) is 3. The summed E-state index contributed by atoms with van der Waals surface area (Å²) in [5.41, 5.74) is 1.57. The number of likely N-dealkylation sites (N-methyl/N-ethyl adjacent to an activating group) is 1. The fourth-order valence-corrected chi connectivity index (χ4v) is 8.57. The van der Waals surface area contributed by atoms with Gasteiger partial charge in [-0.2, -0.15) is 0 Å². The Kier molecular flexibility index (Phi) is 13.4. The third-order valence-corrected chi connectivity index (χ3v) is 11.6. The number of carbonyl (C=O) groups excluding carboxylic acids is 7. The van der Waals surface area contributed by atoms with Crippen molar-refractivity contribution in [2.75, 3.05) is 26.7 Å². The first-order chi connectivity index (χ1) is 28.4. The van der Waals surface area contributed by atoms with Crippen molar-refractivity contribution in [2.45, 2.75) is 115 Å². The molecule has 18 heteroatoms. The summed E-state index contributed by atoms with van der Waals surface area (Å²) >= 11 is 0. The molecule has 4 aliphatic rings. The van der Waals surface area contributed by atoms with Crippen LogP contribution >= 0.6 is 0 Å². The molecule has 6 rings (SSSR count). The smallest absolute Gasteiger partial charge is 0.329 e. The number of hydrogen-bond acceptors (Lipinski definition) is 10. The maximum absolute atomic E-state index is 14.7. The van der Waals surface area contributed by atoms with E-state index in [1.807, 2.05) is 13.0 Å². The van der Waals surface area contributed by atoms with Gasteiger partial charge in [0.25, 0.3) is 0 Å². The number of aliphatic hydroxyl groups is 1. The number of nitrogens with zero attached hydrogens (tertiary/aromatic N) is 3. The molecular weight excluding hydrogens is 786 g/mol. The second-order valence-corrected chi connectivity index (χ2v) is 16.3. The van der Waals surface area contributed by atoms with Crippen molar-refractivity contribution in [3.8, 4) is 5.75 Å². The Morgan fingerprint density at radius 3 is 2.37 bits per heavy atom. The van der Waals surface area contributed by atoms with Crippen LogP contribution in [0.2, 0.25) is 0 Å². The molecule has 0 unspecified atom stereocenters. The lowest BCUT2D eigenvalue weighted by molar-refractivity contribution is -0.163. The number of ether oxygens (including phenoxy) is 2. The van der Waals surface area contributed by atoms with E-state index in [1.54, 1.807) is 12.1 Å². The van der Waals surface area contributed by atoms with E-state index in [0.29, 0.717) is 30.4 Å². The molecule has 0 aliphatic carbocycles. The fourth-order valence-electron chi connectivity index (χ4n) is 8.57. The van der Waals surface area contributed by atoms with Crippen molar-refractivity contribution in [3.63, 3.8) is 0 Å². The lowest BCUT2D eigenvalue weighted by atomic mass is 10.0. The Morgan fingerprint density at radius 1 is 0.950 bits per heavy atom. The number of halogens is 2. The quantitative estimate of drug-likeness (QED) is 0.272. The molecule has 0 saturated carbocycles. The molecule has 16 nitrogen and oxygen atoms in total. The Bertz CT molecular complexity index is 2010. The zero-order chi connectivity index (χ0) is 43.6. The van der Waals surface area contributed by atoms with E-state index in [9.17, 15) is 47.4 Å². The van der Waals surface area contributed by atoms with Crippen molar-refractivity contribution in [3.05, 3.63) is 64.7 Å². The van der Waals surface area contributed by atoms with E-state index in [-0.39, 0.29) is 43.8 Å². The third kappa shape index (κ3) is 9.69. The van der Waals surface area contributed by atoms with Crippen LogP contribution in [-0.4, -0.2) is 136 Å². The highest BCUT2D eigenvalue weighted by Crippen LogP contribution is 2.28. The maximum Gasteiger partial charge on any atom is 0.329 e. The number of benzene rings is 2. The predicted molar refractivity (Wildman–Crippen MR) is 209 cm³/mol. The van der Waals surface area contributed by atoms with Crippen molar-refractivity contribution < 1.29 is 56.9 Å².